The summed E-state index contributed by atoms with van der Waals surface area (Å²) in [5.41, 5.74) is 1.94. The van der Waals surface area contributed by atoms with Crippen molar-refractivity contribution in [2.75, 3.05) is 6.79 Å². The molecule has 0 bridgehead atoms. The van der Waals surface area contributed by atoms with Crippen molar-refractivity contribution in [1.29, 1.82) is 0 Å². The maximum Gasteiger partial charge on any atom is 0.335 e. The van der Waals surface area contributed by atoms with Crippen LogP contribution in [0.4, 0.5) is 4.39 Å². The van der Waals surface area contributed by atoms with Crippen LogP contribution in [0.15, 0.2) is 36.4 Å². The van der Waals surface area contributed by atoms with E-state index in [1.165, 1.54) is 18.2 Å². The van der Waals surface area contributed by atoms with Crippen molar-refractivity contribution in [3.8, 4) is 5.75 Å². The number of halogens is 1. The summed E-state index contributed by atoms with van der Waals surface area (Å²) in [6.07, 6.45) is 0.436. The van der Waals surface area contributed by atoms with Crippen molar-refractivity contribution in [3.63, 3.8) is 0 Å². The first-order valence-electron chi connectivity index (χ1n) is 8.14. The molecular formula is C19H18FNO5. The van der Waals surface area contributed by atoms with Gasteiger partial charge in [-0.25, -0.2) is 9.18 Å². The Kier molecular flexibility index (Phi) is 5.48. The number of carboxylic acids is 1. The van der Waals surface area contributed by atoms with Crippen LogP contribution in [0.3, 0.4) is 0 Å². The minimum atomic E-state index is -1.02. The Morgan fingerprint density at radius 2 is 2.00 bits per heavy atom. The van der Waals surface area contributed by atoms with E-state index in [0.717, 1.165) is 0 Å². The Labute approximate surface area is 149 Å². The largest absolute Gasteiger partial charge is 0.478 e. The molecule has 26 heavy (non-hydrogen) atoms. The van der Waals surface area contributed by atoms with Crippen molar-refractivity contribution in [3.05, 3.63) is 64.5 Å². The fourth-order valence-electron chi connectivity index (χ4n) is 2.87. The van der Waals surface area contributed by atoms with Crippen LogP contribution < -0.4 is 10.1 Å². The highest BCUT2D eigenvalue weighted by molar-refractivity contribution is 5.89. The van der Waals surface area contributed by atoms with Gasteiger partial charge < -0.3 is 19.9 Å². The molecule has 0 unspecified atom stereocenters. The zero-order chi connectivity index (χ0) is 18.5. The molecular weight excluding hydrogens is 341 g/mol. The van der Waals surface area contributed by atoms with Gasteiger partial charge in [0.05, 0.1) is 12.2 Å². The van der Waals surface area contributed by atoms with E-state index in [0.29, 0.717) is 28.9 Å². The van der Waals surface area contributed by atoms with Gasteiger partial charge in [0, 0.05) is 24.1 Å². The summed E-state index contributed by atoms with van der Waals surface area (Å²) >= 11 is 0. The molecule has 1 heterocycles. The highest BCUT2D eigenvalue weighted by atomic mass is 19.1. The molecule has 0 saturated heterocycles. The molecule has 0 fully saturated rings. The van der Waals surface area contributed by atoms with Crippen LogP contribution in [-0.2, 0) is 29.1 Å². The van der Waals surface area contributed by atoms with E-state index in [4.69, 9.17) is 14.6 Å². The molecule has 0 atom stereocenters. The number of ether oxygens (including phenoxy) is 2. The summed E-state index contributed by atoms with van der Waals surface area (Å²) in [6, 6.07) is 9.25. The van der Waals surface area contributed by atoms with Gasteiger partial charge in [-0.2, -0.15) is 0 Å². The highest BCUT2D eigenvalue weighted by Gasteiger charge is 2.17. The monoisotopic (exact) mass is 359 g/mol. The lowest BCUT2D eigenvalue weighted by molar-refractivity contribution is -0.121. The van der Waals surface area contributed by atoms with Crippen LogP contribution in [-0.4, -0.2) is 23.8 Å². The van der Waals surface area contributed by atoms with Crippen LogP contribution >= 0.6 is 0 Å². The van der Waals surface area contributed by atoms with Gasteiger partial charge >= 0.3 is 5.97 Å². The molecule has 0 radical (unpaired) electrons. The molecule has 7 heteroatoms. The Balaban J connectivity index is 1.60. The molecule has 0 aromatic heterocycles. The highest BCUT2D eigenvalue weighted by Crippen LogP contribution is 2.29. The van der Waals surface area contributed by atoms with Gasteiger partial charge in [-0.15, -0.1) is 0 Å². The second-order valence-corrected chi connectivity index (χ2v) is 5.90. The SMILES string of the molecule is O=C(CCc1ccccc1C(=O)O)NCc1cc(F)cc2c1OCOC2. The number of carboxylic acid groups (broad SMARTS) is 1. The predicted octanol–water partition coefficient (Wildman–Crippen LogP) is 2.64. The molecule has 0 saturated carbocycles. The standard InChI is InChI=1S/C19H18FNO5/c20-15-7-13(18-14(8-15)10-25-11-26-18)9-21-17(22)6-5-12-3-1-2-4-16(12)19(23)24/h1-4,7-8H,5-6,9-11H2,(H,21,22)(H,23,24). The van der Waals surface area contributed by atoms with E-state index in [1.54, 1.807) is 18.2 Å². The van der Waals surface area contributed by atoms with E-state index < -0.39 is 11.8 Å². The summed E-state index contributed by atoms with van der Waals surface area (Å²) < 4.78 is 24.2. The number of aromatic carboxylic acids is 1. The van der Waals surface area contributed by atoms with Crippen molar-refractivity contribution in [2.24, 2.45) is 0 Å². The number of aryl methyl sites for hydroxylation is 1. The van der Waals surface area contributed by atoms with E-state index in [9.17, 15) is 14.0 Å². The van der Waals surface area contributed by atoms with E-state index in [1.807, 2.05) is 0 Å². The third-order valence-electron chi connectivity index (χ3n) is 4.10. The van der Waals surface area contributed by atoms with Gasteiger partial charge in [0.25, 0.3) is 0 Å². The Hall–Kier alpha value is -2.93. The average Bonchev–Trinajstić information content (AvgIpc) is 2.64. The molecule has 1 aliphatic rings. The summed E-state index contributed by atoms with van der Waals surface area (Å²) in [6.45, 7) is 0.477. The maximum atomic E-state index is 13.7. The van der Waals surface area contributed by atoms with Crippen molar-refractivity contribution in [1.82, 2.24) is 5.32 Å². The fraction of sp³-hybridized carbons (Fsp3) is 0.263. The van der Waals surface area contributed by atoms with E-state index in [-0.39, 0.29) is 37.8 Å². The summed E-state index contributed by atoms with van der Waals surface area (Å²) in [4.78, 5) is 23.3. The topological polar surface area (TPSA) is 84.9 Å². The number of rotatable bonds is 6. The van der Waals surface area contributed by atoms with Crippen molar-refractivity contribution < 1.29 is 28.6 Å². The summed E-state index contributed by atoms with van der Waals surface area (Å²) in [7, 11) is 0. The molecule has 1 aliphatic heterocycles. The third kappa shape index (κ3) is 4.18. The minimum absolute atomic E-state index is 0.0888. The van der Waals surface area contributed by atoms with E-state index >= 15 is 0 Å². The number of carbonyl (C=O) groups excluding carboxylic acids is 1. The number of nitrogens with one attached hydrogen (secondary N) is 1. The molecule has 1 amide bonds. The normalized spacial score (nSPS) is 12.8. The number of carbonyl (C=O) groups is 2. The zero-order valence-corrected chi connectivity index (χ0v) is 14.0. The molecule has 2 N–H and O–H groups in total. The van der Waals surface area contributed by atoms with Crippen LogP contribution in [0.2, 0.25) is 0 Å². The number of hydrogen-bond donors (Lipinski definition) is 2. The first-order valence-corrected chi connectivity index (χ1v) is 8.14. The predicted molar refractivity (Wildman–Crippen MR) is 90.3 cm³/mol. The molecule has 3 rings (SSSR count). The van der Waals surface area contributed by atoms with Gasteiger partial charge in [0.2, 0.25) is 5.91 Å². The lowest BCUT2D eigenvalue weighted by Crippen LogP contribution is -2.24. The molecule has 2 aromatic rings. The lowest BCUT2D eigenvalue weighted by Gasteiger charge is -2.21. The van der Waals surface area contributed by atoms with Crippen molar-refractivity contribution in [2.45, 2.75) is 26.0 Å². The van der Waals surface area contributed by atoms with Gasteiger partial charge in [0.1, 0.15) is 11.6 Å². The molecule has 2 aromatic carbocycles. The number of amides is 1. The molecule has 0 spiro atoms. The third-order valence-corrected chi connectivity index (χ3v) is 4.10. The molecule has 6 nitrogen and oxygen atoms in total. The average molecular weight is 359 g/mol. The summed E-state index contributed by atoms with van der Waals surface area (Å²) in [5, 5.41) is 11.9. The fourth-order valence-corrected chi connectivity index (χ4v) is 2.87. The van der Waals surface area contributed by atoms with Crippen LogP contribution in [0.5, 0.6) is 5.75 Å². The van der Waals surface area contributed by atoms with Crippen LogP contribution in [0, 0.1) is 5.82 Å². The van der Waals surface area contributed by atoms with Gasteiger partial charge in [-0.1, -0.05) is 18.2 Å². The minimum Gasteiger partial charge on any atom is -0.478 e. The Morgan fingerprint density at radius 1 is 1.19 bits per heavy atom. The van der Waals surface area contributed by atoms with Crippen molar-refractivity contribution >= 4 is 11.9 Å². The summed E-state index contributed by atoms with van der Waals surface area (Å²) in [5.74, 6) is -1.16. The smallest absolute Gasteiger partial charge is 0.335 e. The van der Waals surface area contributed by atoms with E-state index in [2.05, 4.69) is 5.32 Å². The Morgan fingerprint density at radius 3 is 2.81 bits per heavy atom. The Bertz CT molecular complexity index is 837. The first kappa shape index (κ1) is 17.9. The van der Waals surface area contributed by atoms with Gasteiger partial charge in [-0.05, 0) is 30.2 Å². The second-order valence-electron chi connectivity index (χ2n) is 5.90. The molecule has 136 valence electrons. The zero-order valence-electron chi connectivity index (χ0n) is 14.0. The lowest BCUT2D eigenvalue weighted by atomic mass is 10.0. The second kappa shape index (κ2) is 7.97. The first-order chi connectivity index (χ1) is 12.5. The van der Waals surface area contributed by atoms with Crippen LogP contribution in [0.1, 0.15) is 33.5 Å². The number of fused-ring (bicyclic) bond motifs is 1. The number of benzene rings is 2. The maximum absolute atomic E-state index is 13.7. The molecule has 0 aliphatic carbocycles. The van der Waals surface area contributed by atoms with Gasteiger partial charge in [0.15, 0.2) is 6.79 Å². The van der Waals surface area contributed by atoms with Gasteiger partial charge in [-0.3, -0.25) is 4.79 Å². The van der Waals surface area contributed by atoms with Crippen LogP contribution in [0.25, 0.3) is 0 Å². The quantitative estimate of drug-likeness (QED) is 0.828. The number of hydrogen-bond acceptors (Lipinski definition) is 4.